The number of hydrogen-bond donors (Lipinski definition) is 2. The predicted molar refractivity (Wildman–Crippen MR) is 94.0 cm³/mol. The molecule has 0 heterocycles. The Hall–Kier alpha value is -1.69. The lowest BCUT2D eigenvalue weighted by Gasteiger charge is -2.10. The van der Waals surface area contributed by atoms with Crippen LogP contribution < -0.4 is 10.6 Å². The number of hydrogen-bond acceptors (Lipinski definition) is 3. The minimum absolute atomic E-state index is 0.0620. The van der Waals surface area contributed by atoms with Crippen LogP contribution in [0.5, 0.6) is 0 Å². The zero-order valence-corrected chi connectivity index (χ0v) is 14.6. The fourth-order valence-electron chi connectivity index (χ4n) is 2.97. The molecule has 130 valence electrons. The van der Waals surface area contributed by atoms with E-state index < -0.39 is 10.8 Å². The molecule has 3 rings (SSSR count). The molecule has 0 saturated heterocycles. The Morgan fingerprint density at radius 1 is 1.12 bits per heavy atom. The molecule has 0 spiro atoms. The first kappa shape index (κ1) is 17.1. The van der Waals surface area contributed by atoms with Gasteiger partial charge in [-0.1, -0.05) is 25.0 Å². The van der Waals surface area contributed by atoms with Gasteiger partial charge in [-0.05, 0) is 43.4 Å². The summed E-state index contributed by atoms with van der Waals surface area (Å²) in [5, 5.41) is 5.95. The third-order valence-electron chi connectivity index (χ3n) is 4.54. The van der Waals surface area contributed by atoms with E-state index in [0.29, 0.717) is 18.2 Å². The normalized spacial score (nSPS) is 19.0. The SMILES string of the molecule is O=C(CS(=O)C1CCCC1)NCc1cccc(C(=O)NC2CC2)c1. The van der Waals surface area contributed by atoms with Crippen molar-refractivity contribution in [2.75, 3.05) is 5.75 Å². The highest BCUT2D eigenvalue weighted by molar-refractivity contribution is 7.86. The smallest absolute Gasteiger partial charge is 0.251 e. The highest BCUT2D eigenvalue weighted by Crippen LogP contribution is 2.23. The van der Waals surface area contributed by atoms with Crippen LogP contribution in [-0.4, -0.2) is 33.1 Å². The number of carbonyl (C=O) groups excluding carboxylic acids is 2. The number of rotatable bonds is 7. The molecule has 0 aromatic heterocycles. The van der Waals surface area contributed by atoms with Gasteiger partial charge >= 0.3 is 0 Å². The van der Waals surface area contributed by atoms with Gasteiger partial charge in [0.25, 0.3) is 5.91 Å². The predicted octanol–water partition coefficient (Wildman–Crippen LogP) is 1.89. The van der Waals surface area contributed by atoms with Crippen molar-refractivity contribution in [3.8, 4) is 0 Å². The van der Waals surface area contributed by atoms with Crippen LogP contribution in [0, 0.1) is 0 Å². The maximum absolute atomic E-state index is 12.1. The maximum Gasteiger partial charge on any atom is 0.251 e. The Morgan fingerprint density at radius 3 is 2.58 bits per heavy atom. The second-order valence-corrected chi connectivity index (χ2v) is 8.37. The van der Waals surface area contributed by atoms with Crippen LogP contribution in [0.4, 0.5) is 0 Å². The summed E-state index contributed by atoms with van der Waals surface area (Å²) < 4.78 is 12.1. The molecule has 24 heavy (non-hydrogen) atoms. The monoisotopic (exact) mass is 348 g/mol. The molecule has 0 aliphatic heterocycles. The van der Waals surface area contributed by atoms with E-state index in [1.54, 1.807) is 12.1 Å². The van der Waals surface area contributed by atoms with Crippen molar-refractivity contribution in [3.63, 3.8) is 0 Å². The van der Waals surface area contributed by atoms with Crippen molar-refractivity contribution in [3.05, 3.63) is 35.4 Å². The molecule has 2 N–H and O–H groups in total. The largest absolute Gasteiger partial charge is 0.351 e. The van der Waals surface area contributed by atoms with Crippen molar-refractivity contribution in [2.24, 2.45) is 0 Å². The fraction of sp³-hybridized carbons (Fsp3) is 0.556. The van der Waals surface area contributed by atoms with E-state index in [4.69, 9.17) is 0 Å². The maximum atomic E-state index is 12.1. The first-order valence-electron chi connectivity index (χ1n) is 8.65. The van der Waals surface area contributed by atoms with Gasteiger partial charge < -0.3 is 10.6 Å². The van der Waals surface area contributed by atoms with Crippen LogP contribution >= 0.6 is 0 Å². The molecule has 6 heteroatoms. The van der Waals surface area contributed by atoms with Crippen LogP contribution in [-0.2, 0) is 22.1 Å². The molecule has 2 saturated carbocycles. The number of carbonyl (C=O) groups is 2. The van der Waals surface area contributed by atoms with Gasteiger partial charge in [-0.3, -0.25) is 13.8 Å². The minimum Gasteiger partial charge on any atom is -0.351 e. The van der Waals surface area contributed by atoms with E-state index in [1.807, 2.05) is 12.1 Å². The summed E-state index contributed by atoms with van der Waals surface area (Å²) in [7, 11) is -1.07. The highest BCUT2D eigenvalue weighted by atomic mass is 32.2. The van der Waals surface area contributed by atoms with Crippen molar-refractivity contribution in [2.45, 2.75) is 56.4 Å². The number of benzene rings is 1. The molecule has 1 aromatic rings. The van der Waals surface area contributed by atoms with Gasteiger partial charge in [-0.2, -0.15) is 0 Å². The summed E-state index contributed by atoms with van der Waals surface area (Å²) in [4.78, 5) is 24.0. The molecule has 1 atom stereocenters. The second-order valence-electron chi connectivity index (χ2n) is 6.66. The summed E-state index contributed by atoms with van der Waals surface area (Å²) in [5.41, 5.74) is 1.49. The zero-order valence-electron chi connectivity index (χ0n) is 13.8. The Bertz CT molecular complexity index is 637. The standard InChI is InChI=1S/C18H24N2O3S/c21-17(12-24(23)16-6-1-2-7-16)19-11-13-4-3-5-14(10-13)18(22)20-15-8-9-15/h3-5,10,15-16H,1-2,6-9,11-12H2,(H,19,21)(H,20,22). The lowest BCUT2D eigenvalue weighted by Crippen LogP contribution is -2.30. The van der Waals surface area contributed by atoms with Crippen LogP contribution in [0.3, 0.4) is 0 Å². The second kappa shape index (κ2) is 7.92. The fourth-order valence-corrected chi connectivity index (χ4v) is 4.42. The molecule has 5 nitrogen and oxygen atoms in total. The summed E-state index contributed by atoms with van der Waals surface area (Å²) in [6.45, 7) is 0.352. The van der Waals surface area contributed by atoms with E-state index >= 15 is 0 Å². The van der Waals surface area contributed by atoms with E-state index in [9.17, 15) is 13.8 Å². The Kier molecular flexibility index (Phi) is 5.66. The van der Waals surface area contributed by atoms with Gasteiger partial charge in [-0.15, -0.1) is 0 Å². The van der Waals surface area contributed by atoms with Gasteiger partial charge in [0.15, 0.2) is 0 Å². The first-order valence-corrected chi connectivity index (χ1v) is 10.0. The quantitative estimate of drug-likeness (QED) is 0.790. The van der Waals surface area contributed by atoms with Gasteiger partial charge in [0.2, 0.25) is 5.91 Å². The lowest BCUT2D eigenvalue weighted by atomic mass is 10.1. The first-order chi connectivity index (χ1) is 11.6. The van der Waals surface area contributed by atoms with Gasteiger partial charge in [0.05, 0.1) is 0 Å². The Balaban J connectivity index is 1.47. The summed E-state index contributed by atoms with van der Waals surface area (Å²) in [6, 6.07) is 7.60. The van der Waals surface area contributed by atoms with Crippen molar-refractivity contribution >= 4 is 22.6 Å². The van der Waals surface area contributed by atoms with Crippen molar-refractivity contribution in [1.29, 1.82) is 0 Å². The molecule has 1 unspecified atom stereocenters. The van der Waals surface area contributed by atoms with Crippen LogP contribution in [0.2, 0.25) is 0 Å². The van der Waals surface area contributed by atoms with Crippen molar-refractivity contribution < 1.29 is 13.8 Å². The highest BCUT2D eigenvalue weighted by Gasteiger charge is 2.24. The Labute approximate surface area is 145 Å². The van der Waals surface area contributed by atoms with E-state index in [-0.39, 0.29) is 22.8 Å². The average molecular weight is 348 g/mol. The van der Waals surface area contributed by atoms with Crippen LogP contribution in [0.1, 0.15) is 54.4 Å². The summed E-state index contributed by atoms with van der Waals surface area (Å²) in [6.07, 6.45) is 6.29. The van der Waals surface area contributed by atoms with E-state index in [0.717, 1.165) is 44.1 Å². The third kappa shape index (κ3) is 4.90. The van der Waals surface area contributed by atoms with Gasteiger partial charge in [0.1, 0.15) is 5.75 Å². The van der Waals surface area contributed by atoms with Crippen LogP contribution in [0.25, 0.3) is 0 Å². The molecular weight excluding hydrogens is 324 g/mol. The summed E-state index contributed by atoms with van der Waals surface area (Å²) >= 11 is 0. The molecule has 2 amide bonds. The van der Waals surface area contributed by atoms with Crippen LogP contribution in [0.15, 0.2) is 24.3 Å². The van der Waals surface area contributed by atoms with Gasteiger partial charge in [-0.25, -0.2) is 0 Å². The van der Waals surface area contributed by atoms with Gasteiger partial charge in [0, 0.05) is 34.2 Å². The molecule has 0 bridgehead atoms. The Morgan fingerprint density at radius 2 is 1.88 bits per heavy atom. The molecule has 2 fully saturated rings. The molecule has 0 radical (unpaired) electrons. The molecular formula is C18H24N2O3S. The average Bonchev–Trinajstić information content (AvgIpc) is 3.22. The van der Waals surface area contributed by atoms with Crippen molar-refractivity contribution in [1.82, 2.24) is 10.6 Å². The number of nitrogens with one attached hydrogen (secondary N) is 2. The zero-order chi connectivity index (χ0) is 16.9. The topological polar surface area (TPSA) is 75.3 Å². The summed E-state index contributed by atoms with van der Waals surface area (Å²) in [5.74, 6) is -0.173. The molecule has 2 aliphatic rings. The third-order valence-corrected chi connectivity index (χ3v) is 6.30. The minimum atomic E-state index is -1.07. The van der Waals surface area contributed by atoms with E-state index in [1.165, 1.54) is 0 Å². The molecule has 1 aromatic carbocycles. The number of amides is 2. The van der Waals surface area contributed by atoms with E-state index in [2.05, 4.69) is 10.6 Å². The lowest BCUT2D eigenvalue weighted by molar-refractivity contribution is -0.118. The molecule has 2 aliphatic carbocycles.